The number of benzene rings is 1. The first-order valence-electron chi connectivity index (χ1n) is 8.71. The summed E-state index contributed by atoms with van der Waals surface area (Å²) in [5.74, 6) is 0.0439. The highest BCUT2D eigenvalue weighted by Crippen LogP contribution is 2.29. The number of fused-ring (bicyclic) bond motifs is 1. The maximum Gasteiger partial charge on any atom is 0.243 e. The van der Waals surface area contributed by atoms with Gasteiger partial charge in [0, 0.05) is 37.2 Å². The van der Waals surface area contributed by atoms with Gasteiger partial charge in [0.25, 0.3) is 0 Å². The van der Waals surface area contributed by atoms with Crippen molar-refractivity contribution in [3.05, 3.63) is 29.3 Å². The van der Waals surface area contributed by atoms with Crippen molar-refractivity contribution in [3.63, 3.8) is 0 Å². The minimum absolute atomic E-state index is 0.00198. The van der Waals surface area contributed by atoms with E-state index < -0.39 is 0 Å². The lowest BCUT2D eigenvalue weighted by Gasteiger charge is -2.18. The molecule has 2 aliphatic rings. The van der Waals surface area contributed by atoms with Gasteiger partial charge < -0.3 is 21.7 Å². The van der Waals surface area contributed by atoms with Crippen LogP contribution in [0.5, 0.6) is 0 Å². The maximum atomic E-state index is 12.5. The Morgan fingerprint density at radius 3 is 2.71 bits per heavy atom. The minimum atomic E-state index is -0.202. The van der Waals surface area contributed by atoms with E-state index in [1.807, 2.05) is 6.07 Å². The Morgan fingerprint density at radius 1 is 1.25 bits per heavy atom. The number of anilines is 1. The highest BCUT2D eigenvalue weighted by Gasteiger charge is 2.32. The minimum Gasteiger partial charge on any atom is -0.373 e. The largest absolute Gasteiger partial charge is 0.373 e. The van der Waals surface area contributed by atoms with Crippen molar-refractivity contribution in [2.75, 3.05) is 11.9 Å². The van der Waals surface area contributed by atoms with Crippen molar-refractivity contribution in [2.24, 2.45) is 5.73 Å². The van der Waals surface area contributed by atoms with Gasteiger partial charge in [0.2, 0.25) is 11.8 Å². The SMILES string of the molecule is Cc1cccc2c1NC(C(=O)NC1CCC(NC(=O)CCN)C1)C2. The number of hydrogen-bond acceptors (Lipinski definition) is 4. The van der Waals surface area contributed by atoms with Gasteiger partial charge in [-0.15, -0.1) is 0 Å². The second kappa shape index (κ2) is 7.21. The van der Waals surface area contributed by atoms with Crippen LogP contribution in [-0.2, 0) is 16.0 Å². The zero-order chi connectivity index (χ0) is 17.1. The number of carbonyl (C=O) groups is 2. The first-order chi connectivity index (χ1) is 11.6. The molecular weight excluding hydrogens is 304 g/mol. The summed E-state index contributed by atoms with van der Waals surface area (Å²) in [6.07, 6.45) is 3.68. The molecule has 0 radical (unpaired) electrons. The summed E-state index contributed by atoms with van der Waals surface area (Å²) in [4.78, 5) is 24.1. The molecule has 1 fully saturated rings. The van der Waals surface area contributed by atoms with E-state index in [1.165, 1.54) is 11.1 Å². The molecule has 6 nitrogen and oxygen atoms in total. The zero-order valence-corrected chi connectivity index (χ0v) is 14.1. The number of nitrogens with one attached hydrogen (secondary N) is 3. The van der Waals surface area contributed by atoms with E-state index in [9.17, 15) is 9.59 Å². The van der Waals surface area contributed by atoms with Crippen LogP contribution in [0.3, 0.4) is 0 Å². The normalized spacial score (nSPS) is 25.0. The van der Waals surface area contributed by atoms with Crippen LogP contribution in [0.1, 0.15) is 36.8 Å². The molecule has 1 aromatic rings. The fraction of sp³-hybridized carbons (Fsp3) is 0.556. The van der Waals surface area contributed by atoms with Gasteiger partial charge in [-0.3, -0.25) is 9.59 Å². The lowest BCUT2D eigenvalue weighted by atomic mass is 10.1. The van der Waals surface area contributed by atoms with Crippen molar-refractivity contribution in [1.82, 2.24) is 10.6 Å². The van der Waals surface area contributed by atoms with Gasteiger partial charge in [-0.25, -0.2) is 0 Å². The molecule has 1 aliphatic heterocycles. The lowest BCUT2D eigenvalue weighted by Crippen LogP contribution is -2.44. The summed E-state index contributed by atoms with van der Waals surface area (Å²) in [6, 6.07) is 6.23. The number of amides is 2. The number of aryl methyl sites for hydroxylation is 1. The number of hydrogen-bond donors (Lipinski definition) is 4. The molecule has 6 heteroatoms. The third kappa shape index (κ3) is 3.70. The molecule has 0 aromatic heterocycles. The van der Waals surface area contributed by atoms with Crippen LogP contribution in [0.4, 0.5) is 5.69 Å². The van der Waals surface area contributed by atoms with Crippen molar-refractivity contribution < 1.29 is 9.59 Å². The highest BCUT2D eigenvalue weighted by molar-refractivity contribution is 5.88. The van der Waals surface area contributed by atoms with E-state index in [2.05, 4.69) is 35.0 Å². The summed E-state index contributed by atoms with van der Waals surface area (Å²) in [5.41, 5.74) is 8.86. The molecule has 0 spiro atoms. The molecule has 130 valence electrons. The first-order valence-corrected chi connectivity index (χ1v) is 8.71. The van der Waals surface area contributed by atoms with Crippen molar-refractivity contribution in [2.45, 2.75) is 57.2 Å². The lowest BCUT2D eigenvalue weighted by molar-refractivity contribution is -0.122. The fourth-order valence-electron chi connectivity index (χ4n) is 3.68. The molecule has 24 heavy (non-hydrogen) atoms. The van der Waals surface area contributed by atoms with E-state index in [0.717, 1.165) is 31.4 Å². The summed E-state index contributed by atoms with van der Waals surface area (Å²) >= 11 is 0. The third-order valence-corrected chi connectivity index (χ3v) is 4.93. The Morgan fingerprint density at radius 2 is 2.00 bits per heavy atom. The van der Waals surface area contributed by atoms with Crippen LogP contribution in [0, 0.1) is 6.92 Å². The molecular formula is C18H26N4O2. The monoisotopic (exact) mass is 330 g/mol. The fourth-order valence-corrected chi connectivity index (χ4v) is 3.68. The van der Waals surface area contributed by atoms with E-state index in [-0.39, 0.29) is 29.9 Å². The van der Waals surface area contributed by atoms with Gasteiger partial charge in [-0.1, -0.05) is 18.2 Å². The van der Waals surface area contributed by atoms with E-state index in [1.54, 1.807) is 0 Å². The topological polar surface area (TPSA) is 96.2 Å². The van der Waals surface area contributed by atoms with Gasteiger partial charge in [-0.05, 0) is 37.3 Å². The summed E-state index contributed by atoms with van der Waals surface area (Å²) in [6.45, 7) is 2.42. The third-order valence-electron chi connectivity index (χ3n) is 4.93. The average molecular weight is 330 g/mol. The van der Waals surface area contributed by atoms with Crippen molar-refractivity contribution in [3.8, 4) is 0 Å². The summed E-state index contributed by atoms with van der Waals surface area (Å²) in [5, 5.41) is 9.46. The Labute approximate surface area is 142 Å². The second-order valence-electron chi connectivity index (χ2n) is 6.83. The molecule has 3 unspecified atom stereocenters. The molecule has 1 saturated carbocycles. The molecule has 1 heterocycles. The number of rotatable bonds is 5. The van der Waals surface area contributed by atoms with Crippen LogP contribution in [0.2, 0.25) is 0 Å². The molecule has 3 atom stereocenters. The van der Waals surface area contributed by atoms with E-state index >= 15 is 0 Å². The van der Waals surface area contributed by atoms with Crippen LogP contribution in [-0.4, -0.2) is 36.5 Å². The van der Waals surface area contributed by atoms with Crippen LogP contribution in [0.25, 0.3) is 0 Å². The smallest absolute Gasteiger partial charge is 0.243 e. The van der Waals surface area contributed by atoms with Gasteiger partial charge in [0.05, 0.1) is 0 Å². The molecule has 3 rings (SSSR count). The maximum absolute atomic E-state index is 12.5. The quantitative estimate of drug-likeness (QED) is 0.643. The average Bonchev–Trinajstić information content (AvgIpc) is 3.15. The van der Waals surface area contributed by atoms with Gasteiger partial charge in [0.1, 0.15) is 6.04 Å². The zero-order valence-electron chi connectivity index (χ0n) is 14.1. The molecule has 1 aliphatic carbocycles. The molecule has 0 saturated heterocycles. The predicted molar refractivity (Wildman–Crippen MR) is 93.7 cm³/mol. The number of carbonyl (C=O) groups excluding carboxylic acids is 2. The molecule has 1 aromatic carbocycles. The van der Waals surface area contributed by atoms with Crippen LogP contribution in [0.15, 0.2) is 18.2 Å². The van der Waals surface area contributed by atoms with Gasteiger partial charge in [-0.2, -0.15) is 0 Å². The van der Waals surface area contributed by atoms with Crippen LogP contribution >= 0.6 is 0 Å². The molecule has 0 bridgehead atoms. The van der Waals surface area contributed by atoms with E-state index in [0.29, 0.717) is 13.0 Å². The van der Waals surface area contributed by atoms with Crippen molar-refractivity contribution >= 4 is 17.5 Å². The molecule has 2 amide bonds. The first kappa shape index (κ1) is 16.8. The van der Waals surface area contributed by atoms with Crippen molar-refractivity contribution in [1.29, 1.82) is 0 Å². The Hall–Kier alpha value is -2.08. The summed E-state index contributed by atoms with van der Waals surface area (Å²) in [7, 11) is 0. The second-order valence-corrected chi connectivity index (χ2v) is 6.83. The Bertz CT molecular complexity index is 631. The van der Waals surface area contributed by atoms with Gasteiger partial charge >= 0.3 is 0 Å². The Balaban J connectivity index is 1.49. The van der Waals surface area contributed by atoms with Crippen LogP contribution < -0.4 is 21.7 Å². The van der Waals surface area contributed by atoms with Gasteiger partial charge in [0.15, 0.2) is 0 Å². The summed E-state index contributed by atoms with van der Waals surface area (Å²) < 4.78 is 0. The molecule has 5 N–H and O–H groups in total. The highest BCUT2D eigenvalue weighted by atomic mass is 16.2. The standard InChI is InChI=1S/C18H26N4O2/c1-11-3-2-4-12-9-15(22-17(11)12)18(24)21-14-6-5-13(10-14)20-16(23)7-8-19/h2-4,13-15,22H,5-10,19H2,1H3,(H,20,23)(H,21,24). The Kier molecular flexibility index (Phi) is 5.04. The predicted octanol–water partition coefficient (Wildman–Crippen LogP) is 0.834. The number of nitrogens with two attached hydrogens (primary N) is 1. The number of para-hydroxylation sites is 1. The van der Waals surface area contributed by atoms with E-state index in [4.69, 9.17) is 5.73 Å².